The number of hydrogen-bond donors (Lipinski definition) is 0. The number of nitrogens with zero attached hydrogens (tertiary/aromatic N) is 2. The molecule has 1 aromatic rings. The molecule has 0 saturated carbocycles. The van der Waals surface area contributed by atoms with Crippen LogP contribution in [0.2, 0.25) is 0 Å². The molecule has 0 fully saturated rings. The summed E-state index contributed by atoms with van der Waals surface area (Å²) < 4.78 is 40.1. The molecule has 4 nitrogen and oxygen atoms in total. The molecule has 128 valence electrons. The van der Waals surface area contributed by atoms with Crippen LogP contribution in [0.4, 0.5) is 13.2 Å². The molecule has 0 saturated heterocycles. The first kappa shape index (κ1) is 17.8. The SMILES string of the molecule is CC=NOC(C1=CC=CCC1=NOC)c1ccccc1C(F)(F)F. The molecule has 24 heavy (non-hydrogen) atoms. The monoisotopic (exact) mass is 338 g/mol. The normalized spacial score (nSPS) is 17.9. The Balaban J connectivity index is 2.56. The van der Waals surface area contributed by atoms with E-state index < -0.39 is 17.8 Å². The lowest BCUT2D eigenvalue weighted by atomic mass is 9.90. The topological polar surface area (TPSA) is 43.2 Å². The van der Waals surface area contributed by atoms with Crippen molar-refractivity contribution in [2.24, 2.45) is 10.3 Å². The Labute approximate surface area is 137 Å². The molecule has 1 unspecified atom stereocenters. The number of rotatable bonds is 5. The van der Waals surface area contributed by atoms with Crippen LogP contribution in [0, 0.1) is 0 Å². The van der Waals surface area contributed by atoms with Crippen molar-refractivity contribution in [3.05, 3.63) is 59.2 Å². The van der Waals surface area contributed by atoms with Crippen LogP contribution in [-0.2, 0) is 15.9 Å². The highest BCUT2D eigenvalue weighted by molar-refractivity contribution is 6.03. The maximum atomic E-state index is 13.4. The van der Waals surface area contributed by atoms with E-state index in [-0.39, 0.29) is 5.56 Å². The Kier molecular flexibility index (Phi) is 5.78. The third-order valence-corrected chi connectivity index (χ3v) is 3.36. The molecule has 0 N–H and O–H groups in total. The number of alkyl halides is 3. The highest BCUT2D eigenvalue weighted by Crippen LogP contribution is 2.39. The van der Waals surface area contributed by atoms with Gasteiger partial charge < -0.3 is 9.68 Å². The second kappa shape index (κ2) is 7.81. The first-order chi connectivity index (χ1) is 11.5. The average molecular weight is 338 g/mol. The Hall–Kier alpha value is -2.57. The summed E-state index contributed by atoms with van der Waals surface area (Å²) in [6.07, 6.45) is 1.49. The fraction of sp³-hybridized carbons (Fsp3) is 0.294. The standard InChI is InChI=1S/C17H17F3N2O2/c1-3-21-24-16(13-9-5-7-11-15(13)22-23-2)12-8-4-6-10-14(12)17(18,19)20/h3-10,16H,11H2,1-2H3. The number of halogens is 3. The van der Waals surface area contributed by atoms with Gasteiger partial charge in [-0.2, -0.15) is 13.2 Å². The Bertz CT molecular complexity index is 691. The van der Waals surface area contributed by atoms with Crippen molar-refractivity contribution in [3.63, 3.8) is 0 Å². The van der Waals surface area contributed by atoms with E-state index in [9.17, 15) is 13.2 Å². The Morgan fingerprint density at radius 3 is 2.67 bits per heavy atom. The van der Waals surface area contributed by atoms with E-state index in [0.29, 0.717) is 17.7 Å². The van der Waals surface area contributed by atoms with Crippen LogP contribution in [0.5, 0.6) is 0 Å². The van der Waals surface area contributed by atoms with Crippen molar-refractivity contribution in [3.8, 4) is 0 Å². The van der Waals surface area contributed by atoms with Gasteiger partial charge in [0.1, 0.15) is 7.11 Å². The predicted molar refractivity (Wildman–Crippen MR) is 85.7 cm³/mol. The molecule has 0 heterocycles. The molecule has 0 bridgehead atoms. The highest BCUT2D eigenvalue weighted by Gasteiger charge is 2.37. The Morgan fingerprint density at radius 2 is 2.00 bits per heavy atom. The van der Waals surface area contributed by atoms with Gasteiger partial charge in [-0.25, -0.2) is 0 Å². The molecular formula is C17H17F3N2O2. The van der Waals surface area contributed by atoms with Crippen LogP contribution < -0.4 is 0 Å². The third kappa shape index (κ3) is 4.04. The summed E-state index contributed by atoms with van der Waals surface area (Å²) in [6.45, 7) is 1.62. The molecule has 7 heteroatoms. The van der Waals surface area contributed by atoms with Crippen molar-refractivity contribution in [1.82, 2.24) is 0 Å². The summed E-state index contributed by atoms with van der Waals surface area (Å²) in [5, 5.41) is 7.58. The molecule has 1 aliphatic carbocycles. The zero-order valence-corrected chi connectivity index (χ0v) is 13.2. The van der Waals surface area contributed by atoms with Gasteiger partial charge in [-0.05, 0) is 13.0 Å². The molecule has 1 atom stereocenters. The van der Waals surface area contributed by atoms with E-state index >= 15 is 0 Å². The van der Waals surface area contributed by atoms with Gasteiger partial charge in [-0.3, -0.25) is 0 Å². The molecule has 1 aromatic carbocycles. The maximum Gasteiger partial charge on any atom is 0.416 e. The fourth-order valence-electron chi connectivity index (χ4n) is 2.39. The summed E-state index contributed by atoms with van der Waals surface area (Å²) in [6, 6.07) is 5.27. The van der Waals surface area contributed by atoms with Crippen molar-refractivity contribution in [2.75, 3.05) is 7.11 Å². The van der Waals surface area contributed by atoms with E-state index in [1.54, 1.807) is 19.1 Å². The van der Waals surface area contributed by atoms with E-state index in [0.717, 1.165) is 6.07 Å². The molecule has 0 radical (unpaired) electrons. The minimum atomic E-state index is -4.50. The van der Waals surface area contributed by atoms with Gasteiger partial charge in [0.25, 0.3) is 0 Å². The lowest BCUT2D eigenvalue weighted by Gasteiger charge is -2.23. The van der Waals surface area contributed by atoms with Gasteiger partial charge >= 0.3 is 6.18 Å². The number of benzene rings is 1. The summed E-state index contributed by atoms with van der Waals surface area (Å²) in [5.41, 5.74) is 0.171. The van der Waals surface area contributed by atoms with Crippen LogP contribution >= 0.6 is 0 Å². The van der Waals surface area contributed by atoms with Gasteiger partial charge in [0.2, 0.25) is 0 Å². The van der Waals surface area contributed by atoms with Crippen molar-refractivity contribution in [2.45, 2.75) is 25.6 Å². The zero-order chi connectivity index (χ0) is 17.6. The van der Waals surface area contributed by atoms with Gasteiger partial charge in [0.15, 0.2) is 6.10 Å². The fourth-order valence-corrected chi connectivity index (χ4v) is 2.39. The molecule has 0 aliphatic heterocycles. The second-order valence-electron chi connectivity index (χ2n) is 4.91. The van der Waals surface area contributed by atoms with Crippen molar-refractivity contribution in [1.29, 1.82) is 0 Å². The number of oxime groups is 2. The first-order valence-electron chi connectivity index (χ1n) is 7.26. The predicted octanol–water partition coefficient (Wildman–Crippen LogP) is 4.66. The third-order valence-electron chi connectivity index (χ3n) is 3.36. The smallest absolute Gasteiger partial charge is 0.399 e. The number of allylic oxidation sites excluding steroid dienone is 3. The number of hydrogen-bond acceptors (Lipinski definition) is 4. The van der Waals surface area contributed by atoms with Gasteiger partial charge in [-0.15, -0.1) is 0 Å². The van der Waals surface area contributed by atoms with Crippen LogP contribution in [0.1, 0.15) is 30.6 Å². The molecule has 0 spiro atoms. The van der Waals surface area contributed by atoms with Crippen molar-refractivity contribution < 1.29 is 22.8 Å². The summed E-state index contributed by atoms with van der Waals surface area (Å²) >= 11 is 0. The van der Waals surface area contributed by atoms with E-state index in [4.69, 9.17) is 9.68 Å². The van der Waals surface area contributed by atoms with Crippen LogP contribution in [0.15, 0.2) is 58.4 Å². The first-order valence-corrected chi connectivity index (χ1v) is 7.26. The molecule has 2 rings (SSSR count). The summed E-state index contributed by atoms with van der Waals surface area (Å²) in [7, 11) is 1.38. The minimum Gasteiger partial charge on any atom is -0.399 e. The van der Waals surface area contributed by atoms with Gasteiger partial charge in [-0.1, -0.05) is 46.7 Å². The molecule has 0 aromatic heterocycles. The highest BCUT2D eigenvalue weighted by atomic mass is 19.4. The van der Waals surface area contributed by atoms with E-state index in [2.05, 4.69) is 10.3 Å². The van der Waals surface area contributed by atoms with Gasteiger partial charge in [0, 0.05) is 23.8 Å². The van der Waals surface area contributed by atoms with Crippen LogP contribution in [0.25, 0.3) is 0 Å². The molecule has 0 amide bonds. The van der Waals surface area contributed by atoms with Crippen LogP contribution in [-0.4, -0.2) is 19.0 Å². The lowest BCUT2D eigenvalue weighted by molar-refractivity contribution is -0.139. The second-order valence-corrected chi connectivity index (χ2v) is 4.91. The largest absolute Gasteiger partial charge is 0.416 e. The lowest BCUT2D eigenvalue weighted by Crippen LogP contribution is -2.19. The maximum absolute atomic E-state index is 13.4. The molecule has 1 aliphatic rings. The quantitative estimate of drug-likeness (QED) is 0.579. The van der Waals surface area contributed by atoms with E-state index in [1.165, 1.54) is 31.5 Å². The average Bonchev–Trinajstić information content (AvgIpc) is 2.56. The van der Waals surface area contributed by atoms with Crippen molar-refractivity contribution >= 4 is 11.9 Å². The zero-order valence-electron chi connectivity index (χ0n) is 13.2. The van der Waals surface area contributed by atoms with Crippen LogP contribution in [0.3, 0.4) is 0 Å². The Morgan fingerprint density at radius 1 is 1.25 bits per heavy atom. The summed E-state index contributed by atoms with van der Waals surface area (Å²) in [5.74, 6) is 0. The van der Waals surface area contributed by atoms with E-state index in [1.807, 2.05) is 6.08 Å². The summed E-state index contributed by atoms with van der Waals surface area (Å²) in [4.78, 5) is 10.2. The molecular weight excluding hydrogens is 321 g/mol. The van der Waals surface area contributed by atoms with Gasteiger partial charge in [0.05, 0.1) is 11.3 Å². The minimum absolute atomic E-state index is 0.0269.